The Kier molecular flexibility index (Phi) is 7.76. The van der Waals surface area contributed by atoms with Crippen LogP contribution in [0.5, 0.6) is 11.5 Å². The monoisotopic (exact) mass is 636 g/mol. The normalized spacial score (nSPS) is 11.3. The zero-order valence-electron chi connectivity index (χ0n) is 23.2. The van der Waals surface area contributed by atoms with Crippen molar-refractivity contribution in [2.24, 2.45) is 5.10 Å². The number of hydrogen-bond acceptors (Lipinski definition) is 7. The van der Waals surface area contributed by atoms with Gasteiger partial charge in [-0.3, -0.25) is 9.59 Å². The number of rotatable bonds is 8. The molecular formula is C33H25BrN4O5. The average molecular weight is 637 g/mol. The summed E-state index contributed by atoms with van der Waals surface area (Å²) in [7, 11) is 1.50. The van der Waals surface area contributed by atoms with Crippen LogP contribution in [-0.4, -0.2) is 35.5 Å². The lowest BCUT2D eigenvalue weighted by Crippen LogP contribution is -2.20. The molecule has 0 radical (unpaired) electrons. The number of carbonyl (C=O) groups excluding carboxylic acids is 1. The number of furan rings is 1. The first-order chi connectivity index (χ1) is 20.9. The highest BCUT2D eigenvalue weighted by Crippen LogP contribution is 2.33. The van der Waals surface area contributed by atoms with Gasteiger partial charge >= 0.3 is 0 Å². The standard InChI is InChI=1S/C33H25BrN4O5/c1-20-11-13-23(14-12-20)36-31(39)19-42-29-17-25(34)22(16-28(29)41-2)18-35-38-32(30-15-21-7-3-6-10-27(21)43-30)37-26-9-5-4-8-24(26)33(38)40/h3-18H,19H2,1-2H3,(H,36,39). The summed E-state index contributed by atoms with van der Waals surface area (Å²) in [6, 6.07) is 27.3. The van der Waals surface area contributed by atoms with Crippen LogP contribution in [0.2, 0.25) is 0 Å². The number of aromatic nitrogens is 2. The van der Waals surface area contributed by atoms with E-state index in [-0.39, 0.29) is 23.9 Å². The Hall–Kier alpha value is -5.22. The van der Waals surface area contributed by atoms with Gasteiger partial charge in [-0.1, -0.05) is 48.0 Å². The van der Waals surface area contributed by atoms with Crippen molar-refractivity contribution in [1.82, 2.24) is 9.66 Å². The number of methoxy groups -OCH3 is 1. The number of fused-ring (bicyclic) bond motifs is 2. The molecule has 0 bridgehead atoms. The van der Waals surface area contributed by atoms with Crippen LogP contribution in [0.4, 0.5) is 5.69 Å². The lowest BCUT2D eigenvalue weighted by atomic mass is 10.2. The number of nitrogens with one attached hydrogen (secondary N) is 1. The molecule has 1 N–H and O–H groups in total. The van der Waals surface area contributed by atoms with E-state index in [4.69, 9.17) is 18.9 Å². The summed E-state index contributed by atoms with van der Waals surface area (Å²) in [4.78, 5) is 30.8. The van der Waals surface area contributed by atoms with Gasteiger partial charge in [0.1, 0.15) is 5.58 Å². The number of carbonyl (C=O) groups is 1. The third kappa shape index (κ3) is 5.91. The number of ether oxygens (including phenoxy) is 2. The number of benzene rings is 4. The topological polar surface area (TPSA) is 108 Å². The molecule has 0 aliphatic rings. The van der Waals surface area contributed by atoms with Gasteiger partial charge in [-0.2, -0.15) is 9.78 Å². The van der Waals surface area contributed by atoms with Gasteiger partial charge < -0.3 is 19.2 Å². The van der Waals surface area contributed by atoms with Crippen LogP contribution in [0, 0.1) is 6.92 Å². The van der Waals surface area contributed by atoms with Crippen molar-refractivity contribution in [2.75, 3.05) is 19.0 Å². The molecule has 2 heterocycles. The Labute approximate surface area is 254 Å². The first kappa shape index (κ1) is 27.9. The van der Waals surface area contributed by atoms with Crippen molar-refractivity contribution >= 4 is 55.6 Å². The number of nitrogens with zero attached hydrogens (tertiary/aromatic N) is 3. The zero-order valence-corrected chi connectivity index (χ0v) is 24.8. The molecule has 43 heavy (non-hydrogen) atoms. The van der Waals surface area contributed by atoms with Gasteiger partial charge in [-0.05, 0) is 71.4 Å². The van der Waals surface area contributed by atoms with Gasteiger partial charge in [0.15, 0.2) is 23.9 Å². The Morgan fingerprint density at radius 2 is 1.79 bits per heavy atom. The van der Waals surface area contributed by atoms with Crippen LogP contribution in [0.25, 0.3) is 33.5 Å². The largest absolute Gasteiger partial charge is 0.493 e. The van der Waals surface area contributed by atoms with Crippen molar-refractivity contribution in [1.29, 1.82) is 0 Å². The molecule has 2 aromatic heterocycles. The van der Waals surface area contributed by atoms with Crippen molar-refractivity contribution in [3.05, 3.63) is 117 Å². The molecule has 0 aliphatic carbocycles. The fourth-order valence-corrected chi connectivity index (χ4v) is 4.93. The third-order valence-electron chi connectivity index (χ3n) is 6.69. The van der Waals surface area contributed by atoms with E-state index in [2.05, 4.69) is 26.3 Å². The molecular weight excluding hydrogens is 612 g/mol. The molecule has 214 valence electrons. The first-order valence-corrected chi connectivity index (χ1v) is 14.1. The second-order valence-corrected chi connectivity index (χ2v) is 10.5. The maximum Gasteiger partial charge on any atom is 0.282 e. The van der Waals surface area contributed by atoms with Crippen LogP contribution in [0.1, 0.15) is 11.1 Å². The second-order valence-electron chi connectivity index (χ2n) is 9.69. The Balaban J connectivity index is 1.31. The van der Waals surface area contributed by atoms with Crippen LogP contribution >= 0.6 is 15.9 Å². The minimum absolute atomic E-state index is 0.219. The average Bonchev–Trinajstić information content (AvgIpc) is 3.45. The number of para-hydroxylation sites is 2. The maximum atomic E-state index is 13.6. The highest BCUT2D eigenvalue weighted by molar-refractivity contribution is 9.10. The fourth-order valence-electron chi connectivity index (χ4n) is 4.50. The van der Waals surface area contributed by atoms with Gasteiger partial charge in [-0.15, -0.1) is 0 Å². The zero-order chi connectivity index (χ0) is 29.9. The summed E-state index contributed by atoms with van der Waals surface area (Å²) < 4.78 is 19.2. The van der Waals surface area contributed by atoms with E-state index < -0.39 is 0 Å². The van der Waals surface area contributed by atoms with Crippen molar-refractivity contribution in [3.8, 4) is 23.1 Å². The summed E-state index contributed by atoms with van der Waals surface area (Å²) >= 11 is 3.55. The smallest absolute Gasteiger partial charge is 0.282 e. The maximum absolute atomic E-state index is 13.6. The quantitative estimate of drug-likeness (QED) is 0.184. The number of aryl methyl sites for hydroxylation is 1. The molecule has 0 aliphatic heterocycles. The lowest BCUT2D eigenvalue weighted by molar-refractivity contribution is -0.118. The summed E-state index contributed by atoms with van der Waals surface area (Å²) in [5.74, 6) is 1.10. The van der Waals surface area contributed by atoms with Crippen LogP contribution < -0.4 is 20.3 Å². The van der Waals surface area contributed by atoms with E-state index in [1.165, 1.54) is 18.0 Å². The predicted molar refractivity (Wildman–Crippen MR) is 170 cm³/mol. The third-order valence-corrected chi connectivity index (χ3v) is 7.38. The molecule has 4 aromatic carbocycles. The minimum atomic E-state index is -0.347. The second kappa shape index (κ2) is 11.9. The van der Waals surface area contributed by atoms with Crippen LogP contribution in [0.3, 0.4) is 0 Å². The SMILES string of the molecule is COc1cc(C=Nn2c(-c3cc4ccccc4o3)nc3ccccc3c2=O)c(Br)cc1OCC(=O)Nc1ccc(C)cc1. The number of halogens is 1. The summed E-state index contributed by atoms with van der Waals surface area (Å²) in [5, 5.41) is 8.64. The highest BCUT2D eigenvalue weighted by atomic mass is 79.9. The predicted octanol–water partition coefficient (Wildman–Crippen LogP) is 6.79. The molecule has 0 saturated heterocycles. The van der Waals surface area contributed by atoms with Gasteiger partial charge in [0.25, 0.3) is 11.5 Å². The van der Waals surface area contributed by atoms with Crippen molar-refractivity contribution in [2.45, 2.75) is 6.92 Å². The molecule has 0 fully saturated rings. The minimum Gasteiger partial charge on any atom is -0.493 e. The van der Waals surface area contributed by atoms with Gasteiger partial charge in [0, 0.05) is 21.1 Å². The van der Waals surface area contributed by atoms with E-state index in [0.29, 0.717) is 49.5 Å². The molecule has 0 unspecified atom stereocenters. The van der Waals surface area contributed by atoms with Crippen molar-refractivity contribution < 1.29 is 18.7 Å². The fraction of sp³-hybridized carbons (Fsp3) is 0.0909. The molecule has 6 rings (SSSR count). The summed E-state index contributed by atoms with van der Waals surface area (Å²) in [5.41, 5.74) is 3.24. The molecule has 6 aromatic rings. The summed E-state index contributed by atoms with van der Waals surface area (Å²) in [6.45, 7) is 1.76. The number of anilines is 1. The molecule has 0 saturated carbocycles. The number of hydrogen-bond donors (Lipinski definition) is 1. The van der Waals surface area contributed by atoms with Gasteiger partial charge in [0.2, 0.25) is 5.82 Å². The lowest BCUT2D eigenvalue weighted by Gasteiger charge is -2.13. The van der Waals surface area contributed by atoms with E-state index in [0.717, 1.165) is 10.9 Å². The van der Waals surface area contributed by atoms with E-state index in [1.807, 2.05) is 67.6 Å². The molecule has 1 amide bonds. The Morgan fingerprint density at radius 3 is 2.58 bits per heavy atom. The Morgan fingerprint density at radius 1 is 1.02 bits per heavy atom. The van der Waals surface area contributed by atoms with Crippen LogP contribution in [-0.2, 0) is 4.79 Å². The highest BCUT2D eigenvalue weighted by Gasteiger charge is 2.17. The Bertz CT molecular complexity index is 2030. The van der Waals surface area contributed by atoms with Gasteiger partial charge in [-0.25, -0.2) is 4.98 Å². The molecule has 0 atom stereocenters. The first-order valence-electron chi connectivity index (χ1n) is 13.3. The molecule has 9 nitrogen and oxygen atoms in total. The summed E-state index contributed by atoms with van der Waals surface area (Å²) in [6.07, 6.45) is 1.52. The van der Waals surface area contributed by atoms with Gasteiger partial charge in [0.05, 0.1) is 24.2 Å². The van der Waals surface area contributed by atoms with E-state index >= 15 is 0 Å². The van der Waals surface area contributed by atoms with Crippen molar-refractivity contribution in [3.63, 3.8) is 0 Å². The van der Waals surface area contributed by atoms with Crippen LogP contribution in [0.15, 0.2) is 110 Å². The van der Waals surface area contributed by atoms with E-state index in [1.54, 1.807) is 30.3 Å². The number of amides is 1. The molecule has 0 spiro atoms. The molecule has 10 heteroatoms. The van der Waals surface area contributed by atoms with E-state index in [9.17, 15) is 9.59 Å².